The molecular formula is C92H95F2N21O21. The summed E-state index contributed by atoms with van der Waals surface area (Å²) in [4.78, 5) is 158. The second-order valence-corrected chi connectivity index (χ2v) is 34.2. The van der Waals surface area contributed by atoms with E-state index in [1.165, 1.54) is 68.9 Å². The summed E-state index contributed by atoms with van der Waals surface area (Å²) in [6.45, 7) is 3.52. The first-order chi connectivity index (χ1) is 66.2. The van der Waals surface area contributed by atoms with Crippen LogP contribution in [0.15, 0.2) is 177 Å². The number of carboxylic acids is 3. The molecule has 9 saturated heterocycles. The lowest BCUT2D eigenvalue weighted by atomic mass is 10.1. The maximum Gasteiger partial charge on any atom is 0.326 e. The molecule has 21 rings (SSSR count). The number of aliphatic carboxylic acids is 3. The number of hydrogen-bond acceptors (Lipinski definition) is 27. The quantitative estimate of drug-likeness (QED) is 0.0241. The molecule has 9 N–H and O–H groups in total. The third-order valence-electron chi connectivity index (χ3n) is 25.5. The lowest BCUT2D eigenvalue weighted by Crippen LogP contribution is -2.49. The second-order valence-electron chi connectivity index (χ2n) is 34.2. The van der Waals surface area contributed by atoms with E-state index in [9.17, 15) is 67.3 Å². The van der Waals surface area contributed by atoms with Gasteiger partial charge in [0.1, 0.15) is 85.4 Å². The van der Waals surface area contributed by atoms with Gasteiger partial charge in [0.15, 0.2) is 107 Å². The van der Waals surface area contributed by atoms with Crippen molar-refractivity contribution in [3.05, 3.63) is 211 Å². The molecule has 6 aromatic heterocycles. The number of carbonyl (C=O) groups is 9. The number of anilines is 4. The highest BCUT2D eigenvalue weighted by molar-refractivity contribution is 6.03. The van der Waals surface area contributed by atoms with Gasteiger partial charge in [0.2, 0.25) is 0 Å². The van der Waals surface area contributed by atoms with Crippen molar-refractivity contribution >= 4 is 110 Å². The Bertz CT molecular complexity index is 6260. The summed E-state index contributed by atoms with van der Waals surface area (Å²) in [5.74, 6) is -5.66. The number of para-hydroxylation sites is 1. The third kappa shape index (κ3) is 19.0. The standard InChI is InChI=1S/C33H33N7O7.C30H37N7O7.C29H25F2N7O7/c41-30(39-13-7-12-22(39)32(42)43)26-25-27(46-23(45-25)14-18-8-3-1-4-9-18)31(47-26)40-17-36-24-28(34-16-35-29(24)40)38-33(44)37-21-15-20(21)19-10-5-2-6-11-19;1-2-3-4-8-13-31-30(41)35-25-21-26(33-16-32-25)37(17-34-21)28-24-22(42-20(43-24)15-18-10-6-5-7-11-18)23(44-28)27(38)36-14-9-12-19(36)29(39)40;30-14-8-9-16(17(31)11-14)28-44-20-21(25(39)37-10-4-7-18(37)27(40)41)43-26(22(20)45-28)38-13-34-19-23(32-12-33-24(19)38)36-29(42)35-15-5-2-1-3-6-15/h1-6,8-11,16-17,20-23,25-27,31H,7,12-15H2,(H,42,43)(H2,34,35,37,38,44);5-7,10-11,16-17,19-20,22-24,28H,2-4,8-9,12-15H2,1H3,(H,39,40)(H2,31,32,33,35,41);1-3,5-6,8-9,11-13,18,20-22,26,28H,4,7,10H2,(H,40,41)(H2,32,33,35,36,42). The van der Waals surface area contributed by atoms with Crippen molar-refractivity contribution in [1.29, 1.82) is 0 Å². The molecular weight excluding hydrogens is 1770 g/mol. The average Bonchev–Trinajstić information content (AvgIpc) is 1.59. The summed E-state index contributed by atoms with van der Waals surface area (Å²) in [7, 11) is 0. The summed E-state index contributed by atoms with van der Waals surface area (Å²) < 4.78 is 89.4. The molecule has 44 heteroatoms. The molecule has 5 aromatic carbocycles. The van der Waals surface area contributed by atoms with Crippen molar-refractivity contribution in [1.82, 2.24) is 83.9 Å². The van der Waals surface area contributed by atoms with E-state index in [4.69, 9.17) is 42.6 Å². The van der Waals surface area contributed by atoms with Crippen LogP contribution in [0.25, 0.3) is 33.5 Å². The first-order valence-corrected chi connectivity index (χ1v) is 45.0. The molecule has 20 atom stereocenters. The van der Waals surface area contributed by atoms with Gasteiger partial charge in [0.25, 0.3) is 17.7 Å². The van der Waals surface area contributed by atoms with Crippen molar-refractivity contribution in [2.45, 2.75) is 213 Å². The average molecular weight is 1870 g/mol. The van der Waals surface area contributed by atoms with Crippen LogP contribution in [0.1, 0.15) is 131 Å². The van der Waals surface area contributed by atoms with Crippen molar-refractivity contribution in [3.63, 3.8) is 0 Å². The normalized spacial score (nSPS) is 27.2. The molecule has 9 aliphatic heterocycles. The zero-order chi connectivity index (χ0) is 93.9. The Morgan fingerprint density at radius 2 is 0.831 bits per heavy atom. The molecule has 0 bridgehead atoms. The van der Waals surface area contributed by atoms with Crippen molar-refractivity contribution < 1.29 is 110 Å². The van der Waals surface area contributed by atoms with Gasteiger partial charge in [-0.05, 0) is 92.3 Å². The third-order valence-corrected chi connectivity index (χ3v) is 25.5. The number of imidazole rings is 3. The predicted molar refractivity (Wildman–Crippen MR) is 471 cm³/mol. The van der Waals surface area contributed by atoms with Crippen LogP contribution in [0.2, 0.25) is 0 Å². The molecule has 10 aliphatic rings. The Morgan fingerprint density at radius 3 is 1.27 bits per heavy atom. The highest BCUT2D eigenvalue weighted by Crippen LogP contribution is 2.49. The number of benzene rings is 5. The van der Waals surface area contributed by atoms with Gasteiger partial charge in [-0.2, -0.15) is 0 Å². The van der Waals surface area contributed by atoms with Gasteiger partial charge in [-0.1, -0.05) is 135 Å². The van der Waals surface area contributed by atoms with E-state index >= 15 is 0 Å². The number of likely N-dealkylation sites (tertiary alicyclic amines) is 3. The fraction of sp³-hybridized carbons (Fsp3) is 0.413. The number of halogens is 2. The Kier molecular flexibility index (Phi) is 26.6. The van der Waals surface area contributed by atoms with E-state index < -0.39 is 176 Å². The molecule has 20 unspecified atom stereocenters. The van der Waals surface area contributed by atoms with E-state index in [-0.39, 0.29) is 59.1 Å². The monoisotopic (exact) mass is 1870 g/mol. The van der Waals surface area contributed by atoms with E-state index in [0.717, 1.165) is 49.3 Å². The maximum absolute atomic E-state index is 14.7. The van der Waals surface area contributed by atoms with Gasteiger partial charge >= 0.3 is 36.0 Å². The van der Waals surface area contributed by atoms with E-state index in [2.05, 4.69) is 95.8 Å². The number of urea groups is 3. The number of nitrogens with one attached hydrogen (secondary N) is 6. The van der Waals surface area contributed by atoms with Gasteiger partial charge in [0.05, 0.1) is 19.0 Å². The highest BCUT2D eigenvalue weighted by atomic mass is 19.1. The van der Waals surface area contributed by atoms with Crippen LogP contribution >= 0.6 is 0 Å². The van der Waals surface area contributed by atoms with Gasteiger partial charge in [0, 0.05) is 68.3 Å². The minimum Gasteiger partial charge on any atom is -0.480 e. The SMILES string of the molecule is CCCCCCNC(=O)Nc1ncnc2c1ncn2C1OC(C(=O)N2CCCC2C(=O)O)C2OC(Cc3ccccc3)OC21.O=C(Nc1ccccc1)Nc1ncnc2c1ncn2C1OC(C(=O)N2CCCC2C(=O)O)C2OC(c3ccc(F)cc3F)OC21.O=C(Nc1ncnc2c1ncn2C1OC(C(=O)N2CCCC2C(=O)O)C2OC(Cc3ccccc3)OC21)NC1CC1c1ccccc1. The van der Waals surface area contributed by atoms with Crippen LogP contribution in [0.4, 0.5) is 46.3 Å². The minimum atomic E-state index is -1.33. The zero-order valence-corrected chi connectivity index (χ0v) is 73.0. The fourth-order valence-corrected chi connectivity index (χ4v) is 19.0. The fourth-order valence-electron chi connectivity index (χ4n) is 19.0. The van der Waals surface area contributed by atoms with E-state index in [1.807, 2.05) is 84.9 Å². The summed E-state index contributed by atoms with van der Waals surface area (Å²) >= 11 is 0. The maximum atomic E-state index is 14.7. The molecule has 15 heterocycles. The van der Waals surface area contributed by atoms with Crippen molar-refractivity contribution in [2.75, 3.05) is 47.4 Å². The van der Waals surface area contributed by atoms with Crippen LogP contribution in [0, 0.1) is 11.6 Å². The minimum absolute atomic E-state index is 0.0188. The number of aromatic nitrogens is 12. The number of carbonyl (C=O) groups excluding carboxylic acids is 6. The number of carboxylic acid groups (broad SMARTS) is 3. The van der Waals surface area contributed by atoms with Gasteiger partial charge in [-0.3, -0.25) is 44.0 Å². The first kappa shape index (κ1) is 91.0. The van der Waals surface area contributed by atoms with Gasteiger partial charge in [-0.25, -0.2) is 82.4 Å². The van der Waals surface area contributed by atoms with E-state index in [1.54, 1.807) is 33.4 Å². The van der Waals surface area contributed by atoms with E-state index in [0.29, 0.717) is 98.7 Å². The molecule has 136 heavy (non-hydrogen) atoms. The summed E-state index contributed by atoms with van der Waals surface area (Å²) in [6, 6.07) is 36.9. The lowest BCUT2D eigenvalue weighted by molar-refractivity contribution is -0.172. The Morgan fingerprint density at radius 1 is 0.426 bits per heavy atom. The number of fused-ring (bicyclic) bond motifs is 6. The first-order valence-electron chi connectivity index (χ1n) is 45.0. The topological polar surface area (TPSA) is 510 Å². The smallest absolute Gasteiger partial charge is 0.326 e. The molecule has 9 amide bonds. The van der Waals surface area contributed by atoms with Crippen LogP contribution in [0.5, 0.6) is 0 Å². The van der Waals surface area contributed by atoms with Crippen LogP contribution in [-0.4, -0.2) is 260 Å². The van der Waals surface area contributed by atoms with Crippen LogP contribution in [-0.2, 0) is 84.2 Å². The molecule has 11 aromatic rings. The molecule has 1 aliphatic carbocycles. The molecule has 0 spiro atoms. The second kappa shape index (κ2) is 39.8. The largest absolute Gasteiger partial charge is 0.480 e. The van der Waals surface area contributed by atoms with Crippen molar-refractivity contribution in [2.24, 2.45) is 0 Å². The summed E-state index contributed by atoms with van der Waals surface area (Å²) in [6.07, 6.45) is 2.69. The van der Waals surface area contributed by atoms with Gasteiger partial charge < -0.3 is 88.6 Å². The predicted octanol–water partition coefficient (Wildman–Crippen LogP) is 8.89. The molecule has 708 valence electrons. The summed E-state index contributed by atoms with van der Waals surface area (Å²) in [5, 5.41) is 45.8. The number of rotatable bonds is 25. The Labute approximate surface area is 772 Å². The van der Waals surface area contributed by atoms with Gasteiger partial charge in [-0.15, -0.1) is 0 Å². The van der Waals surface area contributed by atoms with Crippen LogP contribution in [0.3, 0.4) is 0 Å². The molecule has 0 radical (unpaired) electrons. The number of amides is 9. The number of nitrogens with zero attached hydrogens (tertiary/aromatic N) is 15. The lowest BCUT2D eigenvalue weighted by Gasteiger charge is -2.27. The number of hydrogen-bond donors (Lipinski definition) is 9. The molecule has 1 saturated carbocycles. The Hall–Kier alpha value is -14.1. The Balaban J connectivity index is 0.000000131. The summed E-state index contributed by atoms with van der Waals surface area (Å²) in [5.41, 5.74) is 5.46. The number of unbranched alkanes of at least 4 members (excludes halogenated alkanes) is 3. The molecule has 42 nitrogen and oxygen atoms in total. The van der Waals surface area contributed by atoms with Crippen LogP contribution < -0.4 is 31.9 Å². The molecule has 10 fully saturated rings. The zero-order valence-electron chi connectivity index (χ0n) is 73.0. The highest BCUT2D eigenvalue weighted by Gasteiger charge is 2.62. The number of ether oxygens (including phenoxy) is 9. The van der Waals surface area contributed by atoms with Crippen molar-refractivity contribution in [3.8, 4) is 0 Å².